The Balaban J connectivity index is 2.16. The van der Waals surface area contributed by atoms with Crippen molar-refractivity contribution >= 4 is 29.6 Å². The number of hydrogen-bond donors (Lipinski definition) is 8. The minimum atomic E-state index is -1.67. The van der Waals surface area contributed by atoms with Crippen LogP contribution in [0.1, 0.15) is 17.5 Å². The van der Waals surface area contributed by atoms with Gasteiger partial charge in [-0.25, -0.2) is 4.79 Å². The minimum Gasteiger partial charge on any atom is -0.508 e. The van der Waals surface area contributed by atoms with Gasteiger partial charge in [-0.3, -0.25) is 19.2 Å². The van der Waals surface area contributed by atoms with Crippen LogP contribution in [0, 0.1) is 0 Å². The lowest BCUT2D eigenvalue weighted by Crippen LogP contribution is -2.58. The largest absolute Gasteiger partial charge is 0.508 e. The van der Waals surface area contributed by atoms with Gasteiger partial charge in [0.05, 0.1) is 19.1 Å². The average Bonchev–Trinajstić information content (AvgIpc) is 2.87. The lowest BCUT2D eigenvalue weighted by Gasteiger charge is -2.24. The number of aliphatic hydroxyl groups is 1. The molecule has 2 rings (SSSR count). The van der Waals surface area contributed by atoms with Gasteiger partial charge >= 0.3 is 5.97 Å². The topological polar surface area (TPSA) is 234 Å². The van der Waals surface area contributed by atoms with Crippen molar-refractivity contribution in [2.24, 2.45) is 11.5 Å². The minimum absolute atomic E-state index is 0.00960. The van der Waals surface area contributed by atoms with E-state index in [1.807, 2.05) is 11.4 Å². The number of nitrogens with two attached hydrogens (primary N) is 2. The molecule has 0 fully saturated rings. The third kappa shape index (κ3) is 9.52. The van der Waals surface area contributed by atoms with E-state index in [4.69, 9.17) is 11.5 Å². The molecule has 0 radical (unpaired) electrons. The van der Waals surface area contributed by atoms with Gasteiger partial charge < -0.3 is 42.7 Å². The predicted molar refractivity (Wildman–Crippen MR) is 134 cm³/mol. The molecule has 38 heavy (non-hydrogen) atoms. The second-order valence-corrected chi connectivity index (χ2v) is 8.54. The number of carboxylic acid groups (broad SMARTS) is 1. The van der Waals surface area contributed by atoms with Gasteiger partial charge in [0.15, 0.2) is 0 Å². The average molecular weight is 530 g/mol. The fourth-order valence-corrected chi connectivity index (χ4v) is 3.46. The summed E-state index contributed by atoms with van der Waals surface area (Å²) in [6.07, 6.45) is -0.570. The van der Waals surface area contributed by atoms with E-state index >= 15 is 0 Å². The SMILES string of the molecule is NC(=O)CC(NC(=O)C(CO)NC(=O)C(Cc1ccc(O)cc1)NC(=O)C(N)Cc1ccccc1)C(=O)O. The van der Waals surface area contributed by atoms with Gasteiger partial charge in [0.2, 0.25) is 23.6 Å². The van der Waals surface area contributed by atoms with Gasteiger partial charge in [-0.05, 0) is 29.7 Å². The lowest BCUT2D eigenvalue weighted by atomic mass is 10.0. The highest BCUT2D eigenvalue weighted by Crippen LogP contribution is 2.12. The molecule has 0 saturated heterocycles. The quantitative estimate of drug-likeness (QED) is 0.134. The van der Waals surface area contributed by atoms with E-state index in [0.29, 0.717) is 5.56 Å². The molecule has 0 heterocycles. The molecule has 0 bridgehead atoms. The maximum Gasteiger partial charge on any atom is 0.326 e. The number of carbonyl (C=O) groups excluding carboxylic acids is 4. The van der Waals surface area contributed by atoms with Gasteiger partial charge in [0, 0.05) is 6.42 Å². The number of nitrogens with one attached hydrogen (secondary N) is 3. The first-order chi connectivity index (χ1) is 18.0. The van der Waals surface area contributed by atoms with Crippen LogP contribution in [0.3, 0.4) is 0 Å². The molecule has 4 amide bonds. The molecule has 0 saturated carbocycles. The molecule has 2 aromatic rings. The summed E-state index contributed by atoms with van der Waals surface area (Å²) in [4.78, 5) is 60.8. The summed E-state index contributed by atoms with van der Waals surface area (Å²) in [6, 6.07) is 9.29. The third-order valence-electron chi connectivity index (χ3n) is 5.48. The number of phenols is 1. The monoisotopic (exact) mass is 529 g/mol. The van der Waals surface area contributed by atoms with Gasteiger partial charge in [0.25, 0.3) is 0 Å². The lowest BCUT2D eigenvalue weighted by molar-refractivity contribution is -0.144. The van der Waals surface area contributed by atoms with Gasteiger partial charge in [0.1, 0.15) is 23.9 Å². The van der Waals surface area contributed by atoms with Gasteiger partial charge in [-0.1, -0.05) is 42.5 Å². The Morgan fingerprint density at radius 2 is 1.26 bits per heavy atom. The number of rotatable bonds is 14. The zero-order chi connectivity index (χ0) is 28.2. The van der Waals surface area contributed by atoms with Crippen molar-refractivity contribution in [1.82, 2.24) is 16.0 Å². The van der Waals surface area contributed by atoms with E-state index in [1.165, 1.54) is 24.3 Å². The Morgan fingerprint density at radius 3 is 1.82 bits per heavy atom. The van der Waals surface area contributed by atoms with E-state index in [2.05, 4.69) is 10.6 Å². The van der Waals surface area contributed by atoms with Gasteiger partial charge in [-0.15, -0.1) is 0 Å². The van der Waals surface area contributed by atoms with Crippen LogP contribution in [0.5, 0.6) is 5.75 Å². The van der Waals surface area contributed by atoms with Crippen LogP contribution in [0.2, 0.25) is 0 Å². The van der Waals surface area contributed by atoms with Crippen molar-refractivity contribution in [3.05, 3.63) is 65.7 Å². The van der Waals surface area contributed by atoms with E-state index in [-0.39, 0.29) is 18.6 Å². The number of phenolic OH excluding ortho intramolecular Hbond substituents is 1. The highest BCUT2D eigenvalue weighted by Gasteiger charge is 2.30. The molecule has 10 N–H and O–H groups in total. The van der Waals surface area contributed by atoms with Crippen LogP contribution in [0.4, 0.5) is 0 Å². The molecular weight excluding hydrogens is 498 g/mol. The molecule has 204 valence electrons. The first-order valence-corrected chi connectivity index (χ1v) is 11.6. The van der Waals surface area contributed by atoms with Crippen molar-refractivity contribution in [3.63, 3.8) is 0 Å². The molecule has 4 atom stereocenters. The Labute approximate surface area is 218 Å². The van der Waals surface area contributed by atoms with Crippen LogP contribution in [0.25, 0.3) is 0 Å². The maximum atomic E-state index is 13.1. The highest BCUT2D eigenvalue weighted by atomic mass is 16.4. The van der Waals surface area contributed by atoms with Crippen molar-refractivity contribution < 1.29 is 39.3 Å². The summed E-state index contributed by atoms with van der Waals surface area (Å²) in [6.45, 7) is -0.909. The summed E-state index contributed by atoms with van der Waals surface area (Å²) in [5.74, 6) is -5.12. The molecule has 13 nitrogen and oxygen atoms in total. The summed E-state index contributed by atoms with van der Waals surface area (Å²) in [7, 11) is 0. The molecule has 0 aliphatic heterocycles. The molecule has 2 aromatic carbocycles. The van der Waals surface area contributed by atoms with Crippen molar-refractivity contribution in [2.45, 2.75) is 43.4 Å². The second kappa shape index (κ2) is 14.3. The summed E-state index contributed by atoms with van der Waals surface area (Å²) in [5, 5.41) is 35.2. The number of hydrogen-bond acceptors (Lipinski definition) is 8. The van der Waals surface area contributed by atoms with Crippen molar-refractivity contribution in [2.75, 3.05) is 6.61 Å². The van der Waals surface area contributed by atoms with E-state index in [1.54, 1.807) is 24.3 Å². The zero-order valence-corrected chi connectivity index (χ0v) is 20.4. The van der Waals surface area contributed by atoms with E-state index in [0.717, 1.165) is 5.56 Å². The molecule has 0 aliphatic rings. The van der Waals surface area contributed by atoms with Crippen LogP contribution < -0.4 is 27.4 Å². The number of aromatic hydroxyl groups is 1. The van der Waals surface area contributed by atoms with E-state index < -0.39 is 66.8 Å². The van der Waals surface area contributed by atoms with Crippen LogP contribution in [-0.2, 0) is 36.8 Å². The second-order valence-electron chi connectivity index (χ2n) is 8.54. The summed E-state index contributed by atoms with van der Waals surface area (Å²) >= 11 is 0. The Kier molecular flexibility index (Phi) is 11.2. The fraction of sp³-hybridized carbons (Fsp3) is 0.320. The number of carboxylic acids is 1. The van der Waals surface area contributed by atoms with Crippen LogP contribution >= 0.6 is 0 Å². The smallest absolute Gasteiger partial charge is 0.326 e. The number of primary amides is 1. The Bertz CT molecular complexity index is 1130. The standard InChI is InChI=1S/C25H31N5O8/c26-17(10-14-4-2-1-3-5-14)22(34)28-18(11-15-6-8-16(32)9-7-15)23(35)30-20(13-31)24(36)29-19(25(37)38)12-21(27)33/h1-9,17-20,31-32H,10-13,26H2,(H2,27,33)(H,28,34)(H,29,36)(H,30,35)(H,37,38). The number of aliphatic carboxylic acids is 1. The molecule has 0 aromatic heterocycles. The Hall–Kier alpha value is -4.49. The molecule has 0 spiro atoms. The molecule has 0 aliphatic carbocycles. The Morgan fingerprint density at radius 1 is 0.737 bits per heavy atom. The van der Waals surface area contributed by atoms with Crippen LogP contribution in [-0.4, -0.2) is 75.7 Å². The summed E-state index contributed by atoms with van der Waals surface area (Å²) < 4.78 is 0. The first kappa shape index (κ1) is 29.7. The zero-order valence-electron chi connectivity index (χ0n) is 20.4. The number of amides is 4. The predicted octanol–water partition coefficient (Wildman–Crippen LogP) is -2.09. The molecule has 13 heteroatoms. The normalized spacial score (nSPS) is 13.8. The van der Waals surface area contributed by atoms with Crippen LogP contribution in [0.15, 0.2) is 54.6 Å². The van der Waals surface area contributed by atoms with Gasteiger partial charge in [-0.2, -0.15) is 0 Å². The van der Waals surface area contributed by atoms with Crippen molar-refractivity contribution in [1.29, 1.82) is 0 Å². The van der Waals surface area contributed by atoms with E-state index in [9.17, 15) is 39.3 Å². The maximum absolute atomic E-state index is 13.1. The van der Waals surface area contributed by atoms with Crippen molar-refractivity contribution in [3.8, 4) is 5.75 Å². The first-order valence-electron chi connectivity index (χ1n) is 11.6. The number of aliphatic hydroxyl groups excluding tert-OH is 1. The highest BCUT2D eigenvalue weighted by molar-refractivity contribution is 5.95. The fourth-order valence-electron chi connectivity index (χ4n) is 3.46. The molecular formula is C25H31N5O8. The number of benzene rings is 2. The number of carbonyl (C=O) groups is 5. The molecule has 4 unspecified atom stereocenters. The third-order valence-corrected chi connectivity index (χ3v) is 5.48. The summed E-state index contributed by atoms with van der Waals surface area (Å²) in [5.41, 5.74) is 12.4.